The van der Waals surface area contributed by atoms with Crippen LogP contribution in [0.1, 0.15) is 55.5 Å². The molecule has 0 bridgehead atoms. The number of likely N-dealkylation sites (tertiary alicyclic amines) is 1. The molecule has 1 aliphatic rings. The Bertz CT molecular complexity index is 1490. The number of carbonyl (C=O) groups is 1. The molecule has 0 saturated carbocycles. The molecule has 37 heavy (non-hydrogen) atoms. The molecule has 4 aromatic rings. The molecule has 1 aliphatic heterocycles. The second kappa shape index (κ2) is 10.00. The highest BCUT2D eigenvalue weighted by atomic mass is 16.5. The Hall–Kier alpha value is -3.68. The molecule has 8 nitrogen and oxygen atoms in total. The first kappa shape index (κ1) is 25.0. The summed E-state index contributed by atoms with van der Waals surface area (Å²) >= 11 is 0. The van der Waals surface area contributed by atoms with Crippen molar-refractivity contribution in [3.63, 3.8) is 0 Å². The minimum absolute atomic E-state index is 0.0789. The number of hydrogen-bond donors (Lipinski definition) is 1. The molecule has 1 atom stereocenters. The van der Waals surface area contributed by atoms with E-state index in [4.69, 9.17) is 9.84 Å². The van der Waals surface area contributed by atoms with E-state index in [-0.39, 0.29) is 11.9 Å². The molecule has 1 unspecified atom stereocenters. The molecular weight excluding hydrogens is 464 g/mol. The second-order valence-electron chi connectivity index (χ2n) is 10.0. The van der Waals surface area contributed by atoms with E-state index in [2.05, 4.69) is 54.6 Å². The standard InChI is InChI=1S/C29H36N6O2/c1-7-35-28-18(3)17(2)27(19(4)25(28)20(5)33-35)32-29-26-23(30-16-31-29)12-10-13-24(26)37-15-22-11-8-9-14-34(22)21(6)36/h10,12-13,16,22H,7-9,11,14-15H2,1-6H3,(H,30,31,32). The van der Waals surface area contributed by atoms with Crippen LogP contribution in [0.2, 0.25) is 0 Å². The van der Waals surface area contributed by atoms with Gasteiger partial charge in [-0.3, -0.25) is 9.48 Å². The lowest BCUT2D eigenvalue weighted by atomic mass is 9.97. The highest BCUT2D eigenvalue weighted by Gasteiger charge is 2.26. The van der Waals surface area contributed by atoms with Crippen LogP contribution in [0.15, 0.2) is 24.5 Å². The number of rotatable bonds is 6. The molecule has 1 N–H and O–H groups in total. The van der Waals surface area contributed by atoms with Gasteiger partial charge in [-0.2, -0.15) is 5.10 Å². The van der Waals surface area contributed by atoms with Gasteiger partial charge in [-0.1, -0.05) is 6.07 Å². The lowest BCUT2D eigenvalue weighted by Gasteiger charge is -2.34. The van der Waals surface area contributed by atoms with Gasteiger partial charge in [0, 0.05) is 31.1 Å². The number of fused-ring (bicyclic) bond motifs is 2. The van der Waals surface area contributed by atoms with Gasteiger partial charge < -0.3 is 15.0 Å². The fourth-order valence-corrected chi connectivity index (χ4v) is 5.79. The summed E-state index contributed by atoms with van der Waals surface area (Å²) in [6, 6.07) is 5.96. The Morgan fingerprint density at radius 2 is 1.89 bits per heavy atom. The van der Waals surface area contributed by atoms with Gasteiger partial charge in [0.2, 0.25) is 5.91 Å². The summed E-state index contributed by atoms with van der Waals surface area (Å²) in [6.45, 7) is 14.4. The highest BCUT2D eigenvalue weighted by molar-refractivity contribution is 5.99. The average molecular weight is 501 g/mol. The zero-order valence-corrected chi connectivity index (χ0v) is 22.7. The van der Waals surface area contributed by atoms with Crippen LogP contribution in [0.5, 0.6) is 5.75 Å². The normalized spacial score (nSPS) is 15.9. The summed E-state index contributed by atoms with van der Waals surface area (Å²) < 4.78 is 8.47. The summed E-state index contributed by atoms with van der Waals surface area (Å²) in [5.41, 5.74) is 7.60. The Labute approximate surface area is 218 Å². The van der Waals surface area contributed by atoms with E-state index in [0.717, 1.165) is 65.9 Å². The van der Waals surface area contributed by atoms with Crippen molar-refractivity contribution in [3.05, 3.63) is 46.9 Å². The lowest BCUT2D eigenvalue weighted by Crippen LogP contribution is -2.45. The maximum Gasteiger partial charge on any atom is 0.219 e. The number of nitrogens with one attached hydrogen (secondary N) is 1. The molecule has 1 fully saturated rings. The minimum Gasteiger partial charge on any atom is -0.491 e. The maximum absolute atomic E-state index is 12.2. The van der Waals surface area contributed by atoms with Gasteiger partial charge >= 0.3 is 0 Å². The number of carbonyl (C=O) groups excluding carboxylic acids is 1. The number of aromatic nitrogens is 4. The van der Waals surface area contributed by atoms with E-state index < -0.39 is 0 Å². The largest absolute Gasteiger partial charge is 0.491 e. The van der Waals surface area contributed by atoms with Crippen LogP contribution >= 0.6 is 0 Å². The summed E-state index contributed by atoms with van der Waals surface area (Å²) in [7, 11) is 0. The molecule has 5 rings (SSSR count). The molecule has 2 aromatic carbocycles. The van der Waals surface area contributed by atoms with Crippen LogP contribution in [0.4, 0.5) is 11.5 Å². The van der Waals surface area contributed by atoms with Gasteiger partial charge in [-0.25, -0.2) is 9.97 Å². The van der Waals surface area contributed by atoms with Gasteiger partial charge in [-0.05, 0) is 82.7 Å². The van der Waals surface area contributed by atoms with Crippen LogP contribution in [-0.2, 0) is 11.3 Å². The Balaban J connectivity index is 1.55. The van der Waals surface area contributed by atoms with Crippen molar-refractivity contribution in [3.8, 4) is 5.75 Å². The number of ether oxygens (including phenoxy) is 1. The third-order valence-electron chi connectivity index (χ3n) is 7.80. The van der Waals surface area contributed by atoms with Crippen molar-refractivity contribution in [2.24, 2.45) is 0 Å². The first-order valence-corrected chi connectivity index (χ1v) is 13.2. The van der Waals surface area contributed by atoms with Gasteiger partial charge in [0.15, 0.2) is 0 Å². The third kappa shape index (κ3) is 4.38. The number of piperidine rings is 1. The van der Waals surface area contributed by atoms with Crippen LogP contribution in [0, 0.1) is 27.7 Å². The molecule has 1 amide bonds. The Morgan fingerprint density at radius 1 is 1.08 bits per heavy atom. The van der Waals surface area contributed by atoms with Crippen LogP contribution in [0.3, 0.4) is 0 Å². The van der Waals surface area contributed by atoms with Crippen molar-refractivity contribution in [2.75, 3.05) is 18.5 Å². The first-order valence-electron chi connectivity index (χ1n) is 13.2. The van der Waals surface area contributed by atoms with Gasteiger partial charge in [0.1, 0.15) is 24.5 Å². The minimum atomic E-state index is 0.0789. The first-order chi connectivity index (χ1) is 17.8. The summed E-state index contributed by atoms with van der Waals surface area (Å²) in [5.74, 6) is 1.53. The maximum atomic E-state index is 12.2. The second-order valence-corrected chi connectivity index (χ2v) is 10.0. The molecule has 194 valence electrons. The molecule has 2 aromatic heterocycles. The average Bonchev–Trinajstić information content (AvgIpc) is 3.25. The van der Waals surface area contributed by atoms with Gasteiger partial charge in [0.05, 0.1) is 28.2 Å². The van der Waals surface area contributed by atoms with Crippen molar-refractivity contribution >= 4 is 39.2 Å². The van der Waals surface area contributed by atoms with Crippen LogP contribution in [-0.4, -0.2) is 49.7 Å². The predicted octanol–water partition coefficient (Wildman–Crippen LogP) is 5.76. The Kier molecular flexibility index (Phi) is 6.75. The third-order valence-corrected chi connectivity index (χ3v) is 7.80. The number of aryl methyl sites for hydroxylation is 4. The molecule has 0 spiro atoms. The smallest absolute Gasteiger partial charge is 0.219 e. The molecule has 1 saturated heterocycles. The fraction of sp³-hybridized carbons (Fsp3) is 0.448. The van der Waals surface area contributed by atoms with Crippen molar-refractivity contribution in [1.82, 2.24) is 24.6 Å². The predicted molar refractivity (Wildman–Crippen MR) is 148 cm³/mol. The Morgan fingerprint density at radius 3 is 2.65 bits per heavy atom. The monoisotopic (exact) mass is 500 g/mol. The van der Waals surface area contributed by atoms with Crippen LogP contribution in [0.25, 0.3) is 21.8 Å². The zero-order valence-electron chi connectivity index (χ0n) is 22.7. The molecular formula is C29H36N6O2. The zero-order chi connectivity index (χ0) is 26.3. The van der Waals surface area contributed by atoms with E-state index in [0.29, 0.717) is 12.4 Å². The SMILES string of the molecule is CCn1nc(C)c2c(C)c(Nc3ncnc4cccc(OCC5CCCCN5C(C)=O)c34)c(C)c(C)c21. The van der Waals surface area contributed by atoms with E-state index in [1.807, 2.05) is 23.1 Å². The molecule has 3 heterocycles. The summed E-state index contributed by atoms with van der Waals surface area (Å²) in [6.07, 6.45) is 4.70. The number of nitrogens with zero attached hydrogens (tertiary/aromatic N) is 5. The van der Waals surface area contributed by atoms with E-state index in [9.17, 15) is 4.79 Å². The summed E-state index contributed by atoms with van der Waals surface area (Å²) in [5, 5.41) is 10.5. The van der Waals surface area contributed by atoms with Gasteiger partial charge in [0.25, 0.3) is 0 Å². The lowest BCUT2D eigenvalue weighted by molar-refractivity contribution is -0.133. The number of anilines is 2. The van der Waals surface area contributed by atoms with Gasteiger partial charge in [-0.15, -0.1) is 0 Å². The van der Waals surface area contributed by atoms with Crippen molar-refractivity contribution in [1.29, 1.82) is 0 Å². The van der Waals surface area contributed by atoms with Crippen molar-refractivity contribution in [2.45, 2.75) is 73.4 Å². The quantitative estimate of drug-likeness (QED) is 0.362. The molecule has 8 heteroatoms. The topological polar surface area (TPSA) is 85.2 Å². The van der Waals surface area contributed by atoms with Crippen LogP contribution < -0.4 is 10.1 Å². The van der Waals surface area contributed by atoms with Crippen molar-refractivity contribution < 1.29 is 9.53 Å². The molecule has 0 aliphatic carbocycles. The van der Waals surface area contributed by atoms with E-state index >= 15 is 0 Å². The highest BCUT2D eigenvalue weighted by Crippen LogP contribution is 2.38. The number of amides is 1. The van der Waals surface area contributed by atoms with E-state index in [1.54, 1.807) is 13.3 Å². The fourth-order valence-electron chi connectivity index (χ4n) is 5.79. The van der Waals surface area contributed by atoms with E-state index in [1.165, 1.54) is 22.0 Å². The summed E-state index contributed by atoms with van der Waals surface area (Å²) in [4.78, 5) is 23.3. The molecule has 0 radical (unpaired) electrons. The number of hydrogen-bond acceptors (Lipinski definition) is 6. The number of benzene rings is 2.